The van der Waals surface area contributed by atoms with E-state index in [1.54, 1.807) is 6.92 Å². The molecule has 0 aliphatic carbocycles. The Morgan fingerprint density at radius 3 is 2.94 bits per heavy atom. The summed E-state index contributed by atoms with van der Waals surface area (Å²) in [5.41, 5.74) is 0. The van der Waals surface area contributed by atoms with E-state index >= 15 is 0 Å². The highest BCUT2D eigenvalue weighted by molar-refractivity contribution is 5.75. The highest BCUT2D eigenvalue weighted by Gasteiger charge is 2.21. The van der Waals surface area contributed by atoms with Gasteiger partial charge in [-0.2, -0.15) is 0 Å². The van der Waals surface area contributed by atoms with E-state index in [9.17, 15) is 4.79 Å². The van der Waals surface area contributed by atoms with Gasteiger partial charge in [-0.1, -0.05) is 6.92 Å². The summed E-state index contributed by atoms with van der Waals surface area (Å²) in [5, 5.41) is 3.06. The van der Waals surface area contributed by atoms with Crippen LogP contribution in [0.1, 0.15) is 20.3 Å². The van der Waals surface area contributed by atoms with E-state index < -0.39 is 0 Å². The molecule has 5 nitrogen and oxygen atoms in total. The molecule has 2 unspecified atom stereocenters. The van der Waals surface area contributed by atoms with Crippen LogP contribution >= 0.6 is 0 Å². The molecule has 0 radical (unpaired) electrons. The van der Waals surface area contributed by atoms with Crippen LogP contribution in [-0.2, 0) is 19.0 Å². The third-order valence-corrected chi connectivity index (χ3v) is 2.68. The van der Waals surface area contributed by atoms with E-state index in [2.05, 4.69) is 5.32 Å². The van der Waals surface area contributed by atoms with Crippen LogP contribution in [0.25, 0.3) is 0 Å². The second kappa shape index (κ2) is 8.44. The molecule has 0 aromatic heterocycles. The standard InChI is InChI=1S/C12H23NO4/c1-3-13-11(12(14)17-4-2)9-16-8-10-5-6-15-7-10/h10-11,13H,3-9H2,1-2H3. The van der Waals surface area contributed by atoms with Crippen LogP contribution in [-0.4, -0.2) is 51.6 Å². The van der Waals surface area contributed by atoms with Crippen molar-refractivity contribution in [2.24, 2.45) is 5.92 Å². The topological polar surface area (TPSA) is 56.8 Å². The molecule has 0 spiro atoms. The van der Waals surface area contributed by atoms with Gasteiger partial charge in [-0.3, -0.25) is 4.79 Å². The quantitative estimate of drug-likeness (QED) is 0.634. The van der Waals surface area contributed by atoms with E-state index in [1.807, 2.05) is 6.92 Å². The molecule has 1 rings (SSSR count). The lowest BCUT2D eigenvalue weighted by molar-refractivity contribution is -0.147. The van der Waals surface area contributed by atoms with Gasteiger partial charge in [0.15, 0.2) is 0 Å². The van der Waals surface area contributed by atoms with E-state index in [-0.39, 0.29) is 12.0 Å². The maximum atomic E-state index is 11.6. The summed E-state index contributed by atoms with van der Waals surface area (Å²) < 4.78 is 15.8. The minimum absolute atomic E-state index is 0.239. The van der Waals surface area contributed by atoms with Crippen molar-refractivity contribution in [2.75, 3.05) is 39.6 Å². The molecule has 1 fully saturated rings. The molecule has 5 heteroatoms. The minimum Gasteiger partial charge on any atom is -0.465 e. The van der Waals surface area contributed by atoms with Gasteiger partial charge in [-0.05, 0) is 19.9 Å². The zero-order valence-electron chi connectivity index (χ0n) is 10.7. The van der Waals surface area contributed by atoms with Crippen molar-refractivity contribution in [2.45, 2.75) is 26.3 Å². The first kappa shape index (κ1) is 14.4. The average Bonchev–Trinajstić information content (AvgIpc) is 2.81. The monoisotopic (exact) mass is 245 g/mol. The van der Waals surface area contributed by atoms with Crippen molar-refractivity contribution in [3.63, 3.8) is 0 Å². The van der Waals surface area contributed by atoms with E-state index in [1.165, 1.54) is 0 Å². The number of likely N-dealkylation sites (N-methyl/N-ethyl adjacent to an activating group) is 1. The number of nitrogens with one attached hydrogen (secondary N) is 1. The van der Waals surface area contributed by atoms with Crippen molar-refractivity contribution in [3.8, 4) is 0 Å². The number of carbonyl (C=O) groups excluding carboxylic acids is 1. The van der Waals surface area contributed by atoms with Gasteiger partial charge in [0, 0.05) is 12.5 Å². The van der Waals surface area contributed by atoms with Crippen molar-refractivity contribution in [1.82, 2.24) is 5.32 Å². The Morgan fingerprint density at radius 2 is 2.35 bits per heavy atom. The van der Waals surface area contributed by atoms with Crippen LogP contribution in [0, 0.1) is 5.92 Å². The van der Waals surface area contributed by atoms with E-state index in [4.69, 9.17) is 14.2 Å². The molecule has 0 aromatic carbocycles. The summed E-state index contributed by atoms with van der Waals surface area (Å²) in [6, 6.07) is -0.359. The molecule has 100 valence electrons. The van der Waals surface area contributed by atoms with E-state index in [0.29, 0.717) is 25.7 Å². The molecule has 0 bridgehead atoms. The molecular weight excluding hydrogens is 222 g/mol. The highest BCUT2D eigenvalue weighted by atomic mass is 16.5. The highest BCUT2D eigenvalue weighted by Crippen LogP contribution is 2.12. The molecule has 1 saturated heterocycles. The van der Waals surface area contributed by atoms with Crippen molar-refractivity contribution in [1.29, 1.82) is 0 Å². The maximum Gasteiger partial charge on any atom is 0.325 e. The van der Waals surface area contributed by atoms with Gasteiger partial charge in [0.2, 0.25) is 0 Å². The third kappa shape index (κ3) is 5.48. The summed E-state index contributed by atoms with van der Waals surface area (Å²) in [4.78, 5) is 11.6. The smallest absolute Gasteiger partial charge is 0.325 e. The second-order valence-corrected chi connectivity index (χ2v) is 4.13. The fourth-order valence-corrected chi connectivity index (χ4v) is 1.77. The van der Waals surface area contributed by atoms with Crippen LogP contribution in [0.3, 0.4) is 0 Å². The lowest BCUT2D eigenvalue weighted by atomic mass is 10.1. The largest absolute Gasteiger partial charge is 0.465 e. The van der Waals surface area contributed by atoms with Crippen molar-refractivity contribution < 1.29 is 19.0 Å². The number of hydrogen-bond donors (Lipinski definition) is 1. The molecule has 0 aromatic rings. The fourth-order valence-electron chi connectivity index (χ4n) is 1.77. The normalized spacial score (nSPS) is 21.4. The molecule has 17 heavy (non-hydrogen) atoms. The first-order chi connectivity index (χ1) is 8.27. The number of rotatable bonds is 8. The van der Waals surface area contributed by atoms with Crippen molar-refractivity contribution in [3.05, 3.63) is 0 Å². The second-order valence-electron chi connectivity index (χ2n) is 4.13. The Balaban J connectivity index is 2.20. The lowest BCUT2D eigenvalue weighted by Crippen LogP contribution is -2.42. The van der Waals surface area contributed by atoms with Gasteiger partial charge in [-0.15, -0.1) is 0 Å². The fraction of sp³-hybridized carbons (Fsp3) is 0.917. The zero-order chi connectivity index (χ0) is 12.5. The Bertz CT molecular complexity index is 217. The molecule has 1 aliphatic rings. The Kier molecular flexibility index (Phi) is 7.16. The van der Waals surface area contributed by atoms with Crippen LogP contribution in [0.15, 0.2) is 0 Å². The summed E-state index contributed by atoms with van der Waals surface area (Å²) >= 11 is 0. The van der Waals surface area contributed by atoms with Gasteiger partial charge in [0.25, 0.3) is 0 Å². The SMILES string of the molecule is CCNC(COCC1CCOC1)C(=O)OCC. The first-order valence-electron chi connectivity index (χ1n) is 6.33. The zero-order valence-corrected chi connectivity index (χ0v) is 10.7. The predicted octanol–water partition coefficient (Wildman–Crippen LogP) is 0.581. The minimum atomic E-state index is -0.359. The molecular formula is C12H23NO4. The van der Waals surface area contributed by atoms with Gasteiger partial charge < -0.3 is 19.5 Å². The van der Waals surface area contributed by atoms with Gasteiger partial charge in [-0.25, -0.2) is 0 Å². The number of ether oxygens (including phenoxy) is 3. The molecule has 0 saturated carbocycles. The Labute approximate surface area is 103 Å². The Morgan fingerprint density at radius 1 is 1.53 bits per heavy atom. The number of esters is 1. The van der Waals surface area contributed by atoms with Gasteiger partial charge in [0.1, 0.15) is 6.04 Å². The molecule has 1 heterocycles. The first-order valence-corrected chi connectivity index (χ1v) is 6.33. The van der Waals surface area contributed by atoms with Crippen LogP contribution in [0.4, 0.5) is 0 Å². The summed E-state index contributed by atoms with van der Waals surface area (Å²) in [6.45, 7) is 7.49. The van der Waals surface area contributed by atoms with Crippen LogP contribution in [0.5, 0.6) is 0 Å². The summed E-state index contributed by atoms with van der Waals surface area (Å²) in [7, 11) is 0. The lowest BCUT2D eigenvalue weighted by Gasteiger charge is -2.17. The van der Waals surface area contributed by atoms with Gasteiger partial charge in [0.05, 0.1) is 26.4 Å². The predicted molar refractivity (Wildman–Crippen MR) is 63.8 cm³/mol. The van der Waals surface area contributed by atoms with Crippen molar-refractivity contribution >= 4 is 5.97 Å². The summed E-state index contributed by atoms with van der Waals surface area (Å²) in [6.07, 6.45) is 1.05. The Hall–Kier alpha value is -0.650. The molecule has 2 atom stereocenters. The number of hydrogen-bond acceptors (Lipinski definition) is 5. The van der Waals surface area contributed by atoms with Crippen LogP contribution in [0.2, 0.25) is 0 Å². The van der Waals surface area contributed by atoms with E-state index in [0.717, 1.165) is 26.2 Å². The third-order valence-electron chi connectivity index (χ3n) is 2.68. The molecule has 1 N–H and O–H groups in total. The maximum absolute atomic E-state index is 11.6. The molecule has 1 aliphatic heterocycles. The summed E-state index contributed by atoms with van der Waals surface area (Å²) in [5.74, 6) is 0.233. The number of carbonyl (C=O) groups is 1. The van der Waals surface area contributed by atoms with Gasteiger partial charge >= 0.3 is 5.97 Å². The van der Waals surface area contributed by atoms with Crippen LogP contribution < -0.4 is 5.32 Å². The molecule has 0 amide bonds. The average molecular weight is 245 g/mol.